The Bertz CT molecular complexity index is 570. The predicted octanol–water partition coefficient (Wildman–Crippen LogP) is 3.68. The van der Waals surface area contributed by atoms with Crippen LogP contribution in [-0.4, -0.2) is 11.0 Å². The molecule has 0 saturated heterocycles. The van der Waals surface area contributed by atoms with Crippen molar-refractivity contribution in [3.05, 3.63) is 58.2 Å². The highest BCUT2D eigenvalue weighted by molar-refractivity contribution is 9.10. The molecular weight excluding hydrogens is 316 g/mol. The second-order valence-corrected chi connectivity index (χ2v) is 5.96. The summed E-state index contributed by atoms with van der Waals surface area (Å²) in [4.78, 5) is 4.38. The average Bonchev–Trinajstić information content (AvgIpc) is 3.29. The van der Waals surface area contributed by atoms with Crippen LogP contribution in [0, 0.1) is 0 Å². The maximum absolute atomic E-state index is 5.86. The number of halogens is 1. The summed E-state index contributed by atoms with van der Waals surface area (Å²) in [6.45, 7) is 1.35. The molecule has 1 aromatic heterocycles. The summed E-state index contributed by atoms with van der Waals surface area (Å²) in [5.41, 5.74) is 2.25. The van der Waals surface area contributed by atoms with Crippen molar-refractivity contribution in [3.63, 3.8) is 0 Å². The molecule has 20 heavy (non-hydrogen) atoms. The molecule has 0 aliphatic heterocycles. The molecule has 0 amide bonds. The van der Waals surface area contributed by atoms with Crippen LogP contribution < -0.4 is 10.1 Å². The van der Waals surface area contributed by atoms with E-state index in [1.165, 1.54) is 12.8 Å². The first-order valence-electron chi connectivity index (χ1n) is 6.86. The van der Waals surface area contributed by atoms with E-state index < -0.39 is 0 Å². The van der Waals surface area contributed by atoms with Crippen LogP contribution >= 0.6 is 15.9 Å². The molecule has 1 aliphatic carbocycles. The maximum Gasteiger partial charge on any atom is 0.218 e. The van der Waals surface area contributed by atoms with E-state index in [-0.39, 0.29) is 0 Å². The molecule has 104 valence electrons. The standard InChI is InChI=1S/C16H17BrN2O/c17-14-8-13(9-18-15-6-7-15)16(19-10-14)20-11-12-4-2-1-3-5-12/h1-5,8,10,15,18H,6-7,9,11H2. The Morgan fingerprint density at radius 3 is 2.80 bits per heavy atom. The maximum atomic E-state index is 5.86. The Labute approximate surface area is 127 Å². The molecule has 1 saturated carbocycles. The van der Waals surface area contributed by atoms with Gasteiger partial charge in [0.1, 0.15) is 6.61 Å². The van der Waals surface area contributed by atoms with Crippen molar-refractivity contribution in [2.24, 2.45) is 0 Å². The van der Waals surface area contributed by atoms with Crippen LogP contribution in [0.4, 0.5) is 0 Å². The first kappa shape index (κ1) is 13.6. The summed E-state index contributed by atoms with van der Waals surface area (Å²) in [5.74, 6) is 0.713. The topological polar surface area (TPSA) is 34.1 Å². The molecule has 0 unspecified atom stereocenters. The normalized spacial score (nSPS) is 14.2. The van der Waals surface area contributed by atoms with E-state index in [9.17, 15) is 0 Å². The zero-order valence-electron chi connectivity index (χ0n) is 11.2. The number of ether oxygens (including phenoxy) is 1. The molecule has 1 fully saturated rings. The molecule has 0 radical (unpaired) electrons. The van der Waals surface area contributed by atoms with Crippen molar-refractivity contribution in [3.8, 4) is 5.88 Å². The van der Waals surface area contributed by atoms with Gasteiger partial charge in [-0.3, -0.25) is 0 Å². The van der Waals surface area contributed by atoms with E-state index in [1.807, 2.05) is 18.2 Å². The SMILES string of the molecule is Brc1cnc(OCc2ccccc2)c(CNC2CC2)c1. The molecule has 3 rings (SSSR count). The highest BCUT2D eigenvalue weighted by Gasteiger charge is 2.21. The van der Waals surface area contributed by atoms with Gasteiger partial charge < -0.3 is 10.1 Å². The highest BCUT2D eigenvalue weighted by atomic mass is 79.9. The number of rotatable bonds is 6. The van der Waals surface area contributed by atoms with Gasteiger partial charge >= 0.3 is 0 Å². The van der Waals surface area contributed by atoms with Gasteiger partial charge in [0.05, 0.1) is 0 Å². The van der Waals surface area contributed by atoms with Crippen LogP contribution in [0.25, 0.3) is 0 Å². The monoisotopic (exact) mass is 332 g/mol. The van der Waals surface area contributed by atoms with Crippen molar-refractivity contribution in [1.29, 1.82) is 0 Å². The van der Waals surface area contributed by atoms with Crippen molar-refractivity contribution in [1.82, 2.24) is 10.3 Å². The van der Waals surface area contributed by atoms with E-state index in [0.717, 1.165) is 22.1 Å². The molecule has 4 heteroatoms. The van der Waals surface area contributed by atoms with Crippen LogP contribution in [-0.2, 0) is 13.2 Å². The summed E-state index contributed by atoms with van der Waals surface area (Å²) >= 11 is 3.47. The molecule has 1 heterocycles. The Hall–Kier alpha value is -1.39. The fourth-order valence-corrected chi connectivity index (χ4v) is 2.37. The molecule has 1 aromatic carbocycles. The van der Waals surface area contributed by atoms with Gasteiger partial charge in [-0.05, 0) is 40.4 Å². The highest BCUT2D eigenvalue weighted by Crippen LogP contribution is 2.24. The van der Waals surface area contributed by atoms with Crippen molar-refractivity contribution < 1.29 is 4.74 Å². The lowest BCUT2D eigenvalue weighted by molar-refractivity contribution is 0.289. The Morgan fingerprint density at radius 2 is 2.05 bits per heavy atom. The van der Waals surface area contributed by atoms with E-state index in [1.54, 1.807) is 6.20 Å². The minimum atomic E-state index is 0.548. The van der Waals surface area contributed by atoms with Crippen molar-refractivity contribution in [2.45, 2.75) is 32.0 Å². The van der Waals surface area contributed by atoms with Gasteiger partial charge in [0.25, 0.3) is 0 Å². The Balaban J connectivity index is 1.67. The largest absolute Gasteiger partial charge is 0.473 e. The lowest BCUT2D eigenvalue weighted by Gasteiger charge is -2.11. The number of hydrogen-bond donors (Lipinski definition) is 1. The fourth-order valence-electron chi connectivity index (χ4n) is 1.99. The number of pyridine rings is 1. The number of nitrogens with zero attached hydrogens (tertiary/aromatic N) is 1. The molecule has 0 atom stereocenters. The number of hydrogen-bond acceptors (Lipinski definition) is 3. The minimum Gasteiger partial charge on any atom is -0.473 e. The van der Waals surface area contributed by atoms with E-state index >= 15 is 0 Å². The quantitative estimate of drug-likeness (QED) is 0.876. The van der Waals surface area contributed by atoms with Crippen molar-refractivity contribution >= 4 is 15.9 Å². The first-order chi connectivity index (χ1) is 9.81. The molecule has 1 N–H and O–H groups in total. The zero-order chi connectivity index (χ0) is 13.8. The van der Waals surface area contributed by atoms with Crippen LogP contribution in [0.1, 0.15) is 24.0 Å². The summed E-state index contributed by atoms with van der Waals surface area (Å²) in [5, 5.41) is 3.50. The van der Waals surface area contributed by atoms with Gasteiger partial charge in [0, 0.05) is 28.8 Å². The summed E-state index contributed by atoms with van der Waals surface area (Å²) in [7, 11) is 0. The average molecular weight is 333 g/mol. The second-order valence-electron chi connectivity index (χ2n) is 5.05. The lowest BCUT2D eigenvalue weighted by Crippen LogP contribution is -2.16. The van der Waals surface area contributed by atoms with Gasteiger partial charge in [-0.2, -0.15) is 0 Å². The van der Waals surface area contributed by atoms with Gasteiger partial charge in [-0.1, -0.05) is 30.3 Å². The molecule has 0 spiro atoms. The molecular formula is C16H17BrN2O. The zero-order valence-corrected chi connectivity index (χ0v) is 12.8. The predicted molar refractivity (Wildman–Crippen MR) is 82.6 cm³/mol. The second kappa shape index (κ2) is 6.37. The summed E-state index contributed by atoms with van der Waals surface area (Å²) in [6.07, 6.45) is 4.34. The molecule has 2 aromatic rings. The third-order valence-electron chi connectivity index (χ3n) is 3.27. The van der Waals surface area contributed by atoms with Crippen molar-refractivity contribution in [2.75, 3.05) is 0 Å². The smallest absolute Gasteiger partial charge is 0.218 e. The first-order valence-corrected chi connectivity index (χ1v) is 7.65. The van der Waals surface area contributed by atoms with Crippen LogP contribution in [0.5, 0.6) is 5.88 Å². The summed E-state index contributed by atoms with van der Waals surface area (Å²) < 4.78 is 6.84. The molecule has 1 aliphatic rings. The lowest BCUT2D eigenvalue weighted by atomic mass is 10.2. The molecule has 3 nitrogen and oxygen atoms in total. The van der Waals surface area contributed by atoms with E-state index in [0.29, 0.717) is 18.5 Å². The van der Waals surface area contributed by atoms with Crippen LogP contribution in [0.15, 0.2) is 47.1 Å². The molecule has 0 bridgehead atoms. The van der Waals surface area contributed by atoms with Gasteiger partial charge in [-0.25, -0.2) is 4.98 Å². The van der Waals surface area contributed by atoms with Crippen LogP contribution in [0.3, 0.4) is 0 Å². The van der Waals surface area contributed by atoms with Gasteiger partial charge in [-0.15, -0.1) is 0 Å². The van der Waals surface area contributed by atoms with Gasteiger partial charge in [0.15, 0.2) is 0 Å². The third-order valence-corrected chi connectivity index (χ3v) is 3.70. The Morgan fingerprint density at radius 1 is 1.25 bits per heavy atom. The number of benzene rings is 1. The third kappa shape index (κ3) is 3.81. The number of nitrogens with one attached hydrogen (secondary N) is 1. The van der Waals surface area contributed by atoms with E-state index in [4.69, 9.17) is 4.74 Å². The minimum absolute atomic E-state index is 0.548. The fraction of sp³-hybridized carbons (Fsp3) is 0.312. The van der Waals surface area contributed by atoms with Gasteiger partial charge in [0.2, 0.25) is 5.88 Å². The Kier molecular flexibility index (Phi) is 4.33. The van der Waals surface area contributed by atoms with E-state index in [2.05, 4.69) is 44.4 Å². The summed E-state index contributed by atoms with van der Waals surface area (Å²) in [6, 6.07) is 12.9. The number of aromatic nitrogens is 1. The van der Waals surface area contributed by atoms with Crippen LogP contribution in [0.2, 0.25) is 0 Å².